The number of rotatable bonds is 4. The van der Waals surface area contributed by atoms with Crippen LogP contribution in [0.3, 0.4) is 0 Å². The van der Waals surface area contributed by atoms with E-state index in [1.165, 1.54) is 4.52 Å². The molecular formula is C15H12ClN3O3. The van der Waals surface area contributed by atoms with Crippen LogP contribution in [0.15, 0.2) is 42.6 Å². The molecule has 0 aliphatic carbocycles. The van der Waals surface area contributed by atoms with Crippen LogP contribution in [-0.4, -0.2) is 27.2 Å². The fourth-order valence-corrected chi connectivity index (χ4v) is 2.17. The van der Waals surface area contributed by atoms with Crippen LogP contribution in [0.2, 0.25) is 5.28 Å². The van der Waals surface area contributed by atoms with E-state index in [0.29, 0.717) is 16.8 Å². The molecule has 2 heterocycles. The van der Waals surface area contributed by atoms with E-state index in [1.807, 2.05) is 18.2 Å². The number of ether oxygens (including phenoxy) is 2. The van der Waals surface area contributed by atoms with Crippen LogP contribution in [0.1, 0.15) is 17.3 Å². The Kier molecular flexibility index (Phi) is 3.93. The minimum atomic E-state index is -0.464. The molecule has 3 aromatic rings. The van der Waals surface area contributed by atoms with Gasteiger partial charge in [-0.15, -0.1) is 5.10 Å². The van der Waals surface area contributed by atoms with Gasteiger partial charge in [0, 0.05) is 6.20 Å². The van der Waals surface area contributed by atoms with E-state index in [0.717, 1.165) is 0 Å². The van der Waals surface area contributed by atoms with Crippen LogP contribution < -0.4 is 4.74 Å². The lowest BCUT2D eigenvalue weighted by molar-refractivity contribution is 0.0528. The van der Waals surface area contributed by atoms with Crippen molar-refractivity contribution in [2.45, 2.75) is 6.92 Å². The highest BCUT2D eigenvalue weighted by Gasteiger charge is 2.19. The molecule has 3 rings (SSSR count). The third kappa shape index (κ3) is 2.73. The first-order valence-electron chi connectivity index (χ1n) is 6.64. The smallest absolute Gasteiger partial charge is 0.340 e. The van der Waals surface area contributed by atoms with Gasteiger partial charge in [0.2, 0.25) is 11.2 Å². The molecule has 0 aliphatic rings. The first-order chi connectivity index (χ1) is 10.7. The largest absolute Gasteiger partial charge is 0.462 e. The van der Waals surface area contributed by atoms with Gasteiger partial charge in [-0.2, -0.15) is 4.98 Å². The van der Waals surface area contributed by atoms with Crippen LogP contribution >= 0.6 is 11.6 Å². The van der Waals surface area contributed by atoms with E-state index in [9.17, 15) is 4.79 Å². The van der Waals surface area contributed by atoms with Crippen molar-refractivity contribution in [3.8, 4) is 11.6 Å². The van der Waals surface area contributed by atoms with Gasteiger partial charge in [0.05, 0.1) is 12.2 Å². The lowest BCUT2D eigenvalue weighted by Gasteiger charge is -2.08. The Bertz CT molecular complexity index is 818. The molecule has 0 radical (unpaired) electrons. The third-order valence-electron chi connectivity index (χ3n) is 2.91. The van der Waals surface area contributed by atoms with Gasteiger partial charge in [-0.25, -0.2) is 9.31 Å². The molecule has 22 heavy (non-hydrogen) atoms. The summed E-state index contributed by atoms with van der Waals surface area (Å²) in [7, 11) is 0. The molecule has 0 N–H and O–H groups in total. The molecule has 0 fully saturated rings. The van der Waals surface area contributed by atoms with Gasteiger partial charge in [0.15, 0.2) is 0 Å². The molecule has 0 atom stereocenters. The van der Waals surface area contributed by atoms with E-state index in [2.05, 4.69) is 10.1 Å². The van der Waals surface area contributed by atoms with Crippen molar-refractivity contribution in [1.82, 2.24) is 14.6 Å². The number of esters is 1. The number of aromatic nitrogens is 3. The van der Waals surface area contributed by atoms with Crippen molar-refractivity contribution in [3.63, 3.8) is 0 Å². The average molecular weight is 318 g/mol. The minimum absolute atomic E-state index is 0.0180. The molecule has 0 spiro atoms. The standard InChI is InChI=1S/C15H12ClN3O3/c1-2-21-14(20)11-8-9-19-12(11)13(17-15(16)18-19)22-10-6-4-3-5-7-10/h3-9H,2H2,1H3. The highest BCUT2D eigenvalue weighted by molar-refractivity contribution is 6.28. The Morgan fingerprint density at radius 1 is 1.27 bits per heavy atom. The number of halogens is 1. The third-order valence-corrected chi connectivity index (χ3v) is 3.07. The molecular weight excluding hydrogens is 306 g/mol. The number of carbonyl (C=O) groups excluding carboxylic acids is 1. The first kappa shape index (κ1) is 14.3. The summed E-state index contributed by atoms with van der Waals surface area (Å²) in [5.41, 5.74) is 0.733. The van der Waals surface area contributed by atoms with E-state index in [-0.39, 0.29) is 17.8 Å². The van der Waals surface area contributed by atoms with Crippen LogP contribution in [0.4, 0.5) is 0 Å². The SMILES string of the molecule is CCOC(=O)c1ccn2nc(Cl)nc(Oc3ccccc3)c12. The molecule has 0 saturated heterocycles. The molecule has 0 bridgehead atoms. The van der Waals surface area contributed by atoms with Gasteiger partial charge in [0.25, 0.3) is 0 Å². The van der Waals surface area contributed by atoms with E-state index in [1.54, 1.807) is 31.3 Å². The second-order valence-corrected chi connectivity index (χ2v) is 4.68. The number of hydrogen-bond acceptors (Lipinski definition) is 5. The quantitative estimate of drug-likeness (QED) is 0.690. The summed E-state index contributed by atoms with van der Waals surface area (Å²) in [5.74, 6) is 0.309. The predicted octanol–water partition coefficient (Wildman–Crippen LogP) is 3.35. The molecule has 1 aromatic carbocycles. The van der Waals surface area contributed by atoms with Gasteiger partial charge in [-0.05, 0) is 36.7 Å². The van der Waals surface area contributed by atoms with Crippen molar-refractivity contribution >= 4 is 23.1 Å². The second kappa shape index (κ2) is 6.03. The molecule has 0 unspecified atom stereocenters. The zero-order chi connectivity index (χ0) is 15.5. The fraction of sp³-hybridized carbons (Fsp3) is 0.133. The van der Waals surface area contributed by atoms with Gasteiger partial charge in [-0.1, -0.05) is 18.2 Å². The maximum Gasteiger partial charge on any atom is 0.340 e. The molecule has 7 heteroatoms. The molecule has 112 valence electrons. The molecule has 0 aliphatic heterocycles. The molecule has 0 amide bonds. The Morgan fingerprint density at radius 2 is 2.05 bits per heavy atom. The summed E-state index contributed by atoms with van der Waals surface area (Å²) in [6.07, 6.45) is 1.60. The summed E-state index contributed by atoms with van der Waals surface area (Å²) in [6, 6.07) is 10.7. The maximum absolute atomic E-state index is 12.0. The van der Waals surface area contributed by atoms with E-state index < -0.39 is 5.97 Å². The second-order valence-electron chi connectivity index (χ2n) is 4.34. The van der Waals surface area contributed by atoms with Crippen LogP contribution in [0.25, 0.3) is 5.52 Å². The van der Waals surface area contributed by atoms with E-state index in [4.69, 9.17) is 21.1 Å². The van der Waals surface area contributed by atoms with Gasteiger partial charge in [-0.3, -0.25) is 0 Å². The van der Waals surface area contributed by atoms with Crippen molar-refractivity contribution in [2.75, 3.05) is 6.61 Å². The number of hydrogen-bond donors (Lipinski definition) is 0. The summed E-state index contributed by atoms with van der Waals surface area (Å²) < 4.78 is 12.2. The number of benzene rings is 1. The summed E-state index contributed by atoms with van der Waals surface area (Å²) in [6.45, 7) is 2.02. The number of carbonyl (C=O) groups is 1. The lowest BCUT2D eigenvalue weighted by Crippen LogP contribution is -2.06. The maximum atomic E-state index is 12.0. The zero-order valence-electron chi connectivity index (χ0n) is 11.7. The van der Waals surface area contributed by atoms with Gasteiger partial charge < -0.3 is 9.47 Å². The molecule has 0 saturated carbocycles. The Hall–Kier alpha value is -2.60. The van der Waals surface area contributed by atoms with Crippen molar-refractivity contribution in [3.05, 3.63) is 53.4 Å². The minimum Gasteiger partial charge on any atom is -0.462 e. The normalized spacial score (nSPS) is 10.6. The average Bonchev–Trinajstić information content (AvgIpc) is 2.92. The summed E-state index contributed by atoms with van der Waals surface area (Å²) in [4.78, 5) is 16.1. The van der Waals surface area contributed by atoms with Crippen LogP contribution in [-0.2, 0) is 4.74 Å². The van der Waals surface area contributed by atoms with E-state index >= 15 is 0 Å². The van der Waals surface area contributed by atoms with Crippen molar-refractivity contribution in [2.24, 2.45) is 0 Å². The molecule has 2 aromatic heterocycles. The lowest BCUT2D eigenvalue weighted by atomic mass is 10.3. The van der Waals surface area contributed by atoms with Crippen LogP contribution in [0, 0.1) is 0 Å². The Balaban J connectivity index is 2.11. The van der Waals surface area contributed by atoms with Crippen LogP contribution in [0.5, 0.6) is 11.6 Å². The van der Waals surface area contributed by atoms with Gasteiger partial charge in [0.1, 0.15) is 11.3 Å². The topological polar surface area (TPSA) is 65.7 Å². The van der Waals surface area contributed by atoms with Gasteiger partial charge >= 0.3 is 5.97 Å². The highest BCUT2D eigenvalue weighted by atomic mass is 35.5. The first-order valence-corrected chi connectivity index (χ1v) is 7.01. The van der Waals surface area contributed by atoms with Crippen molar-refractivity contribution < 1.29 is 14.3 Å². The molecule has 6 nitrogen and oxygen atoms in total. The summed E-state index contributed by atoms with van der Waals surface area (Å²) >= 11 is 5.90. The summed E-state index contributed by atoms with van der Waals surface area (Å²) in [5, 5.41) is 4.04. The van der Waals surface area contributed by atoms with Crippen molar-refractivity contribution in [1.29, 1.82) is 0 Å². The monoisotopic (exact) mass is 317 g/mol. The Labute approximate surface area is 131 Å². The fourth-order valence-electron chi connectivity index (χ4n) is 2.01. The Morgan fingerprint density at radius 3 is 2.77 bits per heavy atom. The number of nitrogens with zero attached hydrogens (tertiary/aromatic N) is 3. The predicted molar refractivity (Wildman–Crippen MR) is 80.5 cm³/mol. The number of fused-ring (bicyclic) bond motifs is 1. The number of para-hydroxylation sites is 1. The zero-order valence-corrected chi connectivity index (χ0v) is 12.4. The highest BCUT2D eigenvalue weighted by Crippen LogP contribution is 2.28.